The Balaban J connectivity index is 2.20. The van der Waals surface area contributed by atoms with Crippen LogP contribution in [0, 0.1) is 6.92 Å². The zero-order chi connectivity index (χ0) is 13.4. The first kappa shape index (κ1) is 11.4. The second-order valence-corrected chi connectivity index (χ2v) is 4.38. The lowest BCUT2D eigenvalue weighted by Gasteiger charge is -2.07. The summed E-state index contributed by atoms with van der Waals surface area (Å²) < 4.78 is 1.59. The number of aromatic nitrogens is 3. The lowest BCUT2D eigenvalue weighted by atomic mass is 10.2. The molecular formula is C14H12N4O. The number of fused-ring (bicyclic) bond motifs is 1. The van der Waals surface area contributed by atoms with Crippen LogP contribution < -0.4 is 11.3 Å². The minimum Gasteiger partial charge on any atom is -0.368 e. The van der Waals surface area contributed by atoms with E-state index in [4.69, 9.17) is 5.73 Å². The van der Waals surface area contributed by atoms with Crippen LogP contribution >= 0.6 is 0 Å². The minimum atomic E-state index is -0.0595. The molecule has 0 radical (unpaired) electrons. The molecular weight excluding hydrogens is 240 g/mol. The van der Waals surface area contributed by atoms with Crippen LogP contribution in [0.3, 0.4) is 0 Å². The number of nitrogens with zero attached hydrogens (tertiary/aromatic N) is 3. The van der Waals surface area contributed by atoms with Gasteiger partial charge in [0.2, 0.25) is 5.95 Å². The Labute approximate surface area is 109 Å². The summed E-state index contributed by atoms with van der Waals surface area (Å²) in [6.07, 6.45) is 3.41. The Morgan fingerprint density at radius 3 is 2.84 bits per heavy atom. The number of nitrogen functional groups attached to an aromatic ring is 1. The number of aryl methyl sites for hydroxylation is 1. The highest BCUT2D eigenvalue weighted by molar-refractivity contribution is 5.80. The normalized spacial score (nSPS) is 10.8. The van der Waals surface area contributed by atoms with E-state index in [1.807, 2.05) is 31.2 Å². The Kier molecular flexibility index (Phi) is 2.52. The van der Waals surface area contributed by atoms with Crippen molar-refractivity contribution >= 4 is 16.9 Å². The van der Waals surface area contributed by atoms with Crippen molar-refractivity contribution in [3.63, 3.8) is 0 Å². The summed E-state index contributed by atoms with van der Waals surface area (Å²) >= 11 is 0. The van der Waals surface area contributed by atoms with Crippen LogP contribution in [0.25, 0.3) is 16.6 Å². The molecule has 0 saturated heterocycles. The van der Waals surface area contributed by atoms with Crippen molar-refractivity contribution in [2.45, 2.75) is 6.92 Å². The van der Waals surface area contributed by atoms with Crippen molar-refractivity contribution in [2.24, 2.45) is 0 Å². The Morgan fingerprint density at radius 2 is 2.05 bits per heavy atom. The standard InChI is InChI=1S/C14H12N4O/c1-9-4-5-18(13(19)6-9)11-2-3-12-10(7-11)8-16-14(15)17-12/h2-8H,1H3,(H2,15,16,17). The van der Waals surface area contributed by atoms with Crippen molar-refractivity contribution in [1.29, 1.82) is 0 Å². The van der Waals surface area contributed by atoms with Gasteiger partial charge in [-0.15, -0.1) is 0 Å². The Hall–Kier alpha value is -2.69. The summed E-state index contributed by atoms with van der Waals surface area (Å²) in [7, 11) is 0. The largest absolute Gasteiger partial charge is 0.368 e. The first-order valence-corrected chi connectivity index (χ1v) is 5.85. The number of pyridine rings is 1. The van der Waals surface area contributed by atoms with Crippen molar-refractivity contribution < 1.29 is 0 Å². The highest BCUT2D eigenvalue weighted by Crippen LogP contribution is 2.16. The van der Waals surface area contributed by atoms with Gasteiger partial charge in [-0.05, 0) is 36.8 Å². The summed E-state index contributed by atoms with van der Waals surface area (Å²) in [6, 6.07) is 9.03. The predicted molar refractivity (Wildman–Crippen MR) is 74.3 cm³/mol. The van der Waals surface area contributed by atoms with E-state index >= 15 is 0 Å². The van der Waals surface area contributed by atoms with E-state index in [2.05, 4.69) is 9.97 Å². The molecule has 5 heteroatoms. The summed E-state index contributed by atoms with van der Waals surface area (Å²) in [5.41, 5.74) is 7.96. The molecule has 0 spiro atoms. The molecule has 0 atom stereocenters. The maximum Gasteiger partial charge on any atom is 0.255 e. The third kappa shape index (κ3) is 2.06. The molecule has 3 aromatic rings. The second kappa shape index (κ2) is 4.20. The highest BCUT2D eigenvalue weighted by atomic mass is 16.1. The molecule has 94 valence electrons. The number of nitrogens with two attached hydrogens (primary N) is 1. The van der Waals surface area contributed by atoms with Crippen molar-refractivity contribution in [2.75, 3.05) is 5.73 Å². The topological polar surface area (TPSA) is 73.8 Å². The monoisotopic (exact) mass is 252 g/mol. The van der Waals surface area contributed by atoms with E-state index in [0.717, 1.165) is 22.2 Å². The van der Waals surface area contributed by atoms with Crippen LogP contribution in [-0.4, -0.2) is 14.5 Å². The lowest BCUT2D eigenvalue weighted by molar-refractivity contribution is 0.984. The molecule has 0 aliphatic rings. The third-order valence-corrected chi connectivity index (χ3v) is 2.94. The Morgan fingerprint density at radius 1 is 1.21 bits per heavy atom. The fraction of sp³-hybridized carbons (Fsp3) is 0.0714. The Bertz CT molecular complexity index is 823. The summed E-state index contributed by atoms with van der Waals surface area (Å²) in [6.45, 7) is 1.89. The van der Waals surface area contributed by atoms with Gasteiger partial charge in [-0.3, -0.25) is 9.36 Å². The SMILES string of the molecule is Cc1ccn(-c2ccc3nc(N)ncc3c2)c(=O)c1. The minimum absolute atomic E-state index is 0.0595. The van der Waals surface area contributed by atoms with Gasteiger partial charge in [0.25, 0.3) is 5.56 Å². The van der Waals surface area contributed by atoms with Gasteiger partial charge in [-0.1, -0.05) is 0 Å². The summed E-state index contributed by atoms with van der Waals surface area (Å²) in [5, 5.41) is 0.846. The fourth-order valence-electron chi connectivity index (χ4n) is 1.98. The van der Waals surface area contributed by atoms with Gasteiger partial charge < -0.3 is 5.73 Å². The van der Waals surface area contributed by atoms with Crippen molar-refractivity contribution in [3.05, 3.63) is 58.6 Å². The lowest BCUT2D eigenvalue weighted by Crippen LogP contribution is -2.16. The van der Waals surface area contributed by atoms with Crippen LogP contribution in [0.5, 0.6) is 0 Å². The number of benzene rings is 1. The van der Waals surface area contributed by atoms with E-state index in [1.54, 1.807) is 23.0 Å². The maximum absolute atomic E-state index is 11.9. The molecule has 19 heavy (non-hydrogen) atoms. The number of rotatable bonds is 1. The summed E-state index contributed by atoms with van der Waals surface area (Å²) in [5.74, 6) is 0.243. The molecule has 1 aromatic carbocycles. The molecule has 0 saturated carbocycles. The zero-order valence-corrected chi connectivity index (χ0v) is 10.4. The van der Waals surface area contributed by atoms with E-state index in [-0.39, 0.29) is 11.5 Å². The highest BCUT2D eigenvalue weighted by Gasteiger charge is 2.03. The molecule has 0 amide bonds. The maximum atomic E-state index is 11.9. The molecule has 0 unspecified atom stereocenters. The average molecular weight is 252 g/mol. The number of anilines is 1. The summed E-state index contributed by atoms with van der Waals surface area (Å²) in [4.78, 5) is 20.0. The molecule has 2 N–H and O–H groups in total. The van der Waals surface area contributed by atoms with Gasteiger partial charge in [0.15, 0.2) is 0 Å². The van der Waals surface area contributed by atoms with Gasteiger partial charge >= 0.3 is 0 Å². The fourth-order valence-corrected chi connectivity index (χ4v) is 1.98. The number of hydrogen-bond donors (Lipinski definition) is 1. The molecule has 0 fully saturated rings. The predicted octanol–water partition coefficient (Wildman–Crippen LogP) is 1.67. The van der Waals surface area contributed by atoms with Crippen molar-refractivity contribution in [3.8, 4) is 5.69 Å². The van der Waals surface area contributed by atoms with E-state index in [1.165, 1.54) is 0 Å². The third-order valence-electron chi connectivity index (χ3n) is 2.94. The smallest absolute Gasteiger partial charge is 0.255 e. The van der Waals surface area contributed by atoms with E-state index in [0.29, 0.717) is 0 Å². The van der Waals surface area contributed by atoms with Gasteiger partial charge in [0, 0.05) is 29.5 Å². The van der Waals surface area contributed by atoms with Crippen LogP contribution in [0.15, 0.2) is 47.5 Å². The zero-order valence-electron chi connectivity index (χ0n) is 10.4. The first-order valence-electron chi connectivity index (χ1n) is 5.85. The van der Waals surface area contributed by atoms with Crippen LogP contribution in [0.1, 0.15) is 5.56 Å². The molecule has 3 rings (SSSR count). The molecule has 5 nitrogen and oxygen atoms in total. The molecule has 2 heterocycles. The number of hydrogen-bond acceptors (Lipinski definition) is 4. The van der Waals surface area contributed by atoms with Crippen LogP contribution in [-0.2, 0) is 0 Å². The van der Waals surface area contributed by atoms with E-state index in [9.17, 15) is 4.79 Å². The molecule has 0 bridgehead atoms. The van der Waals surface area contributed by atoms with Crippen molar-refractivity contribution in [1.82, 2.24) is 14.5 Å². The van der Waals surface area contributed by atoms with Gasteiger partial charge in [-0.2, -0.15) is 0 Å². The van der Waals surface area contributed by atoms with E-state index < -0.39 is 0 Å². The first-order chi connectivity index (χ1) is 9.13. The van der Waals surface area contributed by atoms with Gasteiger partial charge in [0.1, 0.15) is 0 Å². The molecule has 0 aliphatic carbocycles. The van der Waals surface area contributed by atoms with Crippen LogP contribution in [0.4, 0.5) is 5.95 Å². The average Bonchev–Trinajstić information content (AvgIpc) is 2.38. The quantitative estimate of drug-likeness (QED) is 0.715. The van der Waals surface area contributed by atoms with Gasteiger partial charge in [0.05, 0.1) is 5.52 Å². The molecule has 0 aliphatic heterocycles. The molecule has 2 aromatic heterocycles. The van der Waals surface area contributed by atoms with Crippen LogP contribution in [0.2, 0.25) is 0 Å². The second-order valence-electron chi connectivity index (χ2n) is 4.38. The van der Waals surface area contributed by atoms with Gasteiger partial charge in [-0.25, -0.2) is 9.97 Å².